The summed E-state index contributed by atoms with van der Waals surface area (Å²) in [5, 5.41) is 8.09. The zero-order valence-electron chi connectivity index (χ0n) is 21.7. The highest BCUT2D eigenvalue weighted by atomic mass is 35.5. The minimum absolute atomic E-state index is 0. The highest BCUT2D eigenvalue weighted by Crippen LogP contribution is 2.26. The Hall–Kier alpha value is -3.32. The van der Waals surface area contributed by atoms with E-state index in [1.54, 1.807) is 37.0 Å². The van der Waals surface area contributed by atoms with Crippen molar-refractivity contribution in [1.29, 1.82) is 0 Å². The van der Waals surface area contributed by atoms with Gasteiger partial charge in [-0.25, -0.2) is 15.0 Å². The lowest BCUT2D eigenvalue weighted by atomic mass is 10.1. The van der Waals surface area contributed by atoms with Crippen LogP contribution < -0.4 is 20.3 Å². The highest BCUT2D eigenvalue weighted by molar-refractivity contribution is 7.14. The van der Waals surface area contributed by atoms with Crippen molar-refractivity contribution in [3.63, 3.8) is 0 Å². The number of benzene rings is 1. The summed E-state index contributed by atoms with van der Waals surface area (Å²) in [6.07, 6.45) is 5.00. The Morgan fingerprint density at radius 2 is 1.85 bits per heavy atom. The van der Waals surface area contributed by atoms with Crippen LogP contribution in [0.3, 0.4) is 0 Å². The number of morpholine rings is 1. The molecule has 39 heavy (non-hydrogen) atoms. The van der Waals surface area contributed by atoms with Gasteiger partial charge >= 0.3 is 6.01 Å². The SMILES string of the molecule is CNC(=O)c1cc(CN2CCOCC2)ccc1NC(=O)c1csc(N2CCC(Oc3ncccn3)CC2)n1.Cl. The van der Waals surface area contributed by atoms with Gasteiger partial charge in [-0.05, 0) is 23.8 Å². The second-order valence-corrected chi connectivity index (χ2v) is 9.99. The summed E-state index contributed by atoms with van der Waals surface area (Å²) in [6.45, 7) is 5.37. The molecule has 13 heteroatoms. The maximum Gasteiger partial charge on any atom is 0.316 e. The molecule has 0 saturated carbocycles. The molecule has 2 fully saturated rings. The quantitative estimate of drug-likeness (QED) is 0.419. The predicted octanol–water partition coefficient (Wildman–Crippen LogP) is 2.85. The van der Waals surface area contributed by atoms with Crippen LogP contribution in [0.2, 0.25) is 0 Å². The van der Waals surface area contributed by atoms with Gasteiger partial charge in [0.1, 0.15) is 11.8 Å². The number of hydrogen-bond donors (Lipinski definition) is 2. The summed E-state index contributed by atoms with van der Waals surface area (Å²) >= 11 is 1.43. The number of nitrogens with zero attached hydrogens (tertiary/aromatic N) is 5. The maximum atomic E-state index is 13.1. The Balaban J connectivity index is 0.00000353. The molecule has 208 valence electrons. The first-order chi connectivity index (χ1) is 18.6. The molecule has 0 aliphatic carbocycles. The molecular formula is C26H32ClN7O4S. The van der Waals surface area contributed by atoms with Crippen molar-refractivity contribution in [3.05, 3.63) is 58.9 Å². The molecule has 2 aromatic heterocycles. The predicted molar refractivity (Wildman–Crippen MR) is 151 cm³/mol. The second-order valence-electron chi connectivity index (χ2n) is 9.15. The van der Waals surface area contributed by atoms with Gasteiger partial charge in [0.05, 0.1) is 24.5 Å². The van der Waals surface area contributed by atoms with Crippen molar-refractivity contribution in [2.75, 3.05) is 56.7 Å². The smallest absolute Gasteiger partial charge is 0.316 e. The fraction of sp³-hybridized carbons (Fsp3) is 0.423. The van der Waals surface area contributed by atoms with Crippen molar-refractivity contribution in [2.24, 2.45) is 0 Å². The van der Waals surface area contributed by atoms with Gasteiger partial charge in [-0.3, -0.25) is 14.5 Å². The monoisotopic (exact) mass is 573 g/mol. The van der Waals surface area contributed by atoms with Crippen molar-refractivity contribution in [2.45, 2.75) is 25.5 Å². The lowest BCUT2D eigenvalue weighted by Gasteiger charge is -2.31. The summed E-state index contributed by atoms with van der Waals surface area (Å²) in [5.74, 6) is -0.605. The Kier molecular flexibility index (Phi) is 10.0. The van der Waals surface area contributed by atoms with E-state index in [1.165, 1.54) is 11.3 Å². The zero-order chi connectivity index (χ0) is 26.3. The third-order valence-electron chi connectivity index (χ3n) is 6.57. The molecule has 1 aromatic carbocycles. The average Bonchev–Trinajstić information content (AvgIpc) is 3.46. The van der Waals surface area contributed by atoms with Crippen LogP contribution in [0, 0.1) is 0 Å². The molecule has 3 aromatic rings. The number of hydrogen-bond acceptors (Lipinski definition) is 10. The number of thiazole rings is 1. The van der Waals surface area contributed by atoms with Crippen LogP contribution in [0.25, 0.3) is 0 Å². The summed E-state index contributed by atoms with van der Waals surface area (Å²) in [4.78, 5) is 42.9. The zero-order valence-corrected chi connectivity index (χ0v) is 23.3. The molecule has 2 amide bonds. The molecule has 2 N–H and O–H groups in total. The molecule has 4 heterocycles. The van der Waals surface area contributed by atoms with Gasteiger partial charge in [-0.2, -0.15) is 0 Å². The lowest BCUT2D eigenvalue weighted by molar-refractivity contribution is 0.0342. The van der Waals surface area contributed by atoms with Crippen LogP contribution in [-0.4, -0.2) is 84.2 Å². The largest absolute Gasteiger partial charge is 0.460 e. The summed E-state index contributed by atoms with van der Waals surface area (Å²) in [5.41, 5.74) is 2.20. The van der Waals surface area contributed by atoms with Crippen LogP contribution in [-0.2, 0) is 11.3 Å². The number of halogens is 1. The van der Waals surface area contributed by atoms with E-state index < -0.39 is 0 Å². The molecule has 2 aliphatic rings. The summed E-state index contributed by atoms with van der Waals surface area (Å²) < 4.78 is 11.3. The number of rotatable bonds is 8. The van der Waals surface area contributed by atoms with E-state index in [2.05, 4.69) is 35.4 Å². The summed E-state index contributed by atoms with van der Waals surface area (Å²) in [7, 11) is 1.58. The number of carbonyl (C=O) groups excluding carboxylic acids is 2. The molecular weight excluding hydrogens is 542 g/mol. The third kappa shape index (κ3) is 7.41. The topological polar surface area (TPSA) is 122 Å². The number of aromatic nitrogens is 3. The molecule has 5 rings (SSSR count). The van der Waals surface area contributed by atoms with E-state index in [1.807, 2.05) is 12.1 Å². The highest BCUT2D eigenvalue weighted by Gasteiger charge is 2.24. The standard InChI is InChI=1S/C26H31N7O4S.ClH/c1-27-23(34)20-15-18(16-32-11-13-36-14-12-32)3-4-21(20)30-24(35)22-17-38-26(31-22)33-9-5-19(6-10-33)37-25-28-7-2-8-29-25;/h2-4,7-8,15,17,19H,5-6,9-14,16H2,1H3,(H,27,34)(H,30,35);1H. The maximum absolute atomic E-state index is 13.1. The van der Waals surface area contributed by atoms with E-state index in [-0.39, 0.29) is 30.3 Å². The second kappa shape index (κ2) is 13.7. The number of amides is 2. The van der Waals surface area contributed by atoms with Crippen LogP contribution >= 0.6 is 23.7 Å². The first kappa shape index (κ1) is 28.7. The van der Waals surface area contributed by atoms with Crippen LogP contribution in [0.1, 0.15) is 39.3 Å². The molecule has 2 saturated heterocycles. The Labute approximate surface area is 237 Å². The minimum Gasteiger partial charge on any atom is -0.460 e. The van der Waals surface area contributed by atoms with Gasteiger partial charge in [0.25, 0.3) is 11.8 Å². The van der Waals surface area contributed by atoms with Crippen molar-refractivity contribution < 1.29 is 19.1 Å². The van der Waals surface area contributed by atoms with Crippen LogP contribution in [0.5, 0.6) is 6.01 Å². The Bertz CT molecular complexity index is 1250. The first-order valence-electron chi connectivity index (χ1n) is 12.7. The number of carbonyl (C=O) groups is 2. The molecule has 0 radical (unpaired) electrons. The lowest BCUT2D eigenvalue weighted by Crippen LogP contribution is -2.38. The van der Waals surface area contributed by atoms with Gasteiger partial charge in [-0.15, -0.1) is 23.7 Å². The van der Waals surface area contributed by atoms with Gasteiger partial charge in [0.15, 0.2) is 5.13 Å². The van der Waals surface area contributed by atoms with Crippen molar-refractivity contribution >= 4 is 46.4 Å². The molecule has 2 aliphatic heterocycles. The van der Waals surface area contributed by atoms with E-state index in [9.17, 15) is 9.59 Å². The van der Waals surface area contributed by atoms with E-state index >= 15 is 0 Å². The summed E-state index contributed by atoms with van der Waals surface area (Å²) in [6, 6.07) is 7.71. The van der Waals surface area contributed by atoms with E-state index in [0.717, 1.165) is 56.3 Å². The number of piperidine rings is 1. The third-order valence-corrected chi connectivity index (χ3v) is 7.47. The van der Waals surface area contributed by atoms with Crippen LogP contribution in [0.4, 0.5) is 10.8 Å². The fourth-order valence-corrected chi connectivity index (χ4v) is 5.36. The first-order valence-corrected chi connectivity index (χ1v) is 13.6. The number of ether oxygens (including phenoxy) is 2. The molecule has 11 nitrogen and oxygen atoms in total. The Morgan fingerprint density at radius 1 is 1.10 bits per heavy atom. The Morgan fingerprint density at radius 3 is 2.56 bits per heavy atom. The fourth-order valence-electron chi connectivity index (χ4n) is 4.50. The average molecular weight is 574 g/mol. The molecule has 0 bridgehead atoms. The number of anilines is 2. The van der Waals surface area contributed by atoms with Gasteiger partial charge in [-0.1, -0.05) is 6.07 Å². The molecule has 0 spiro atoms. The van der Waals surface area contributed by atoms with Gasteiger partial charge in [0.2, 0.25) is 0 Å². The minimum atomic E-state index is -0.349. The van der Waals surface area contributed by atoms with Crippen molar-refractivity contribution in [1.82, 2.24) is 25.2 Å². The molecule has 0 unspecified atom stereocenters. The molecule has 0 atom stereocenters. The number of nitrogens with one attached hydrogen (secondary N) is 2. The van der Waals surface area contributed by atoms with E-state index in [4.69, 9.17) is 9.47 Å². The van der Waals surface area contributed by atoms with E-state index in [0.29, 0.717) is 36.2 Å². The van der Waals surface area contributed by atoms with Crippen molar-refractivity contribution in [3.8, 4) is 6.01 Å². The normalized spacial score (nSPS) is 16.3. The van der Waals surface area contributed by atoms with Gasteiger partial charge < -0.3 is 25.0 Å². The van der Waals surface area contributed by atoms with Gasteiger partial charge in [0, 0.05) is 70.4 Å². The van der Waals surface area contributed by atoms with Crippen LogP contribution in [0.15, 0.2) is 42.0 Å².